The molecular formula is C47H32BN3. The highest BCUT2D eigenvalue weighted by molar-refractivity contribution is 6.92. The van der Waals surface area contributed by atoms with E-state index in [1.807, 2.05) is 0 Å². The minimum absolute atomic E-state index is 0.0276. The molecule has 1 aliphatic carbocycles. The van der Waals surface area contributed by atoms with Crippen LogP contribution in [0.25, 0.3) is 60.6 Å². The van der Waals surface area contributed by atoms with Crippen molar-refractivity contribution >= 4 is 72.6 Å². The lowest BCUT2D eigenvalue weighted by Crippen LogP contribution is -2.63. The molecule has 3 nitrogen and oxygen atoms in total. The van der Waals surface area contributed by atoms with Crippen LogP contribution in [-0.4, -0.2) is 16.0 Å². The topological polar surface area (TPSA) is 13.1 Å². The number of anilines is 1. The highest BCUT2D eigenvalue weighted by Crippen LogP contribution is 2.53. The molecule has 0 amide bonds. The van der Waals surface area contributed by atoms with Gasteiger partial charge in [-0.1, -0.05) is 123 Å². The number of hydrogen-bond donors (Lipinski definition) is 0. The van der Waals surface area contributed by atoms with Crippen LogP contribution in [0.3, 0.4) is 0 Å². The lowest BCUT2D eigenvalue weighted by molar-refractivity contribution is 0.630. The average molecular weight is 650 g/mol. The predicted octanol–water partition coefficient (Wildman–Crippen LogP) is 9.87. The van der Waals surface area contributed by atoms with Gasteiger partial charge in [0.2, 0.25) is 0 Å². The van der Waals surface area contributed by atoms with Crippen molar-refractivity contribution in [2.45, 2.75) is 19.3 Å². The number of nitrogens with zero attached hydrogens (tertiary/aromatic N) is 3. The molecule has 4 heterocycles. The number of aromatic nitrogens is 2. The molecule has 0 fully saturated rings. The van der Waals surface area contributed by atoms with Gasteiger partial charge in [-0.2, -0.15) is 0 Å². The largest absolute Gasteiger partial charge is 0.379 e. The maximum Gasteiger partial charge on any atom is 0.332 e. The molecule has 2 aromatic heterocycles. The molecular weight excluding hydrogens is 617 g/mol. The van der Waals surface area contributed by atoms with Crippen LogP contribution in [0.15, 0.2) is 163 Å². The quantitative estimate of drug-likeness (QED) is 0.170. The van der Waals surface area contributed by atoms with Crippen molar-refractivity contribution in [1.29, 1.82) is 0 Å². The summed E-state index contributed by atoms with van der Waals surface area (Å²) >= 11 is 0. The summed E-state index contributed by atoms with van der Waals surface area (Å²) in [6, 6.07) is 58.8. The Labute approximate surface area is 296 Å². The van der Waals surface area contributed by atoms with E-state index in [2.05, 4.69) is 186 Å². The van der Waals surface area contributed by atoms with Gasteiger partial charge in [-0.15, -0.1) is 0 Å². The molecule has 0 atom stereocenters. The molecule has 9 aromatic rings. The van der Waals surface area contributed by atoms with Gasteiger partial charge >= 0.3 is 6.85 Å². The second kappa shape index (κ2) is 9.50. The maximum absolute atomic E-state index is 2.68. The van der Waals surface area contributed by atoms with Crippen LogP contribution in [0.2, 0.25) is 0 Å². The van der Waals surface area contributed by atoms with Gasteiger partial charge < -0.3 is 13.9 Å². The maximum atomic E-state index is 2.68. The van der Waals surface area contributed by atoms with Gasteiger partial charge in [0.15, 0.2) is 0 Å². The van der Waals surface area contributed by atoms with Crippen molar-refractivity contribution in [3.63, 3.8) is 0 Å². The molecule has 3 aliphatic rings. The first-order valence-electron chi connectivity index (χ1n) is 18.0. The Balaban J connectivity index is 1.24. The minimum atomic E-state index is -0.178. The van der Waals surface area contributed by atoms with E-state index >= 15 is 0 Å². The second-order valence-electron chi connectivity index (χ2n) is 14.9. The Bertz CT molecular complexity index is 3000. The van der Waals surface area contributed by atoms with Gasteiger partial charge in [0.1, 0.15) is 0 Å². The molecule has 0 saturated carbocycles. The molecule has 238 valence electrons. The molecule has 0 bridgehead atoms. The first-order valence-corrected chi connectivity index (χ1v) is 18.0. The Morgan fingerprint density at radius 2 is 1.12 bits per heavy atom. The van der Waals surface area contributed by atoms with Crippen molar-refractivity contribution in [2.75, 3.05) is 4.81 Å². The Morgan fingerprint density at radius 1 is 0.490 bits per heavy atom. The molecule has 0 radical (unpaired) electrons. The third-order valence-electron chi connectivity index (χ3n) is 12.0. The Morgan fingerprint density at radius 3 is 1.94 bits per heavy atom. The van der Waals surface area contributed by atoms with Crippen LogP contribution in [0, 0.1) is 0 Å². The molecule has 0 N–H and O–H groups in total. The van der Waals surface area contributed by atoms with Crippen molar-refractivity contribution in [3.05, 3.63) is 180 Å². The van der Waals surface area contributed by atoms with Crippen molar-refractivity contribution < 1.29 is 0 Å². The summed E-state index contributed by atoms with van der Waals surface area (Å²) in [5.74, 6) is 0. The van der Waals surface area contributed by atoms with Crippen LogP contribution in [0.1, 0.15) is 30.5 Å². The number of allylic oxidation sites excluding steroid dienone is 1. The van der Waals surface area contributed by atoms with E-state index in [4.69, 9.17) is 0 Å². The summed E-state index contributed by atoms with van der Waals surface area (Å²) in [5.41, 5.74) is 18.1. The zero-order valence-electron chi connectivity index (χ0n) is 28.4. The highest BCUT2D eigenvalue weighted by atomic mass is 15.1. The lowest BCUT2D eigenvalue weighted by Gasteiger charge is -2.45. The Hall–Kier alpha value is -6.26. The third-order valence-corrected chi connectivity index (χ3v) is 12.0. The van der Waals surface area contributed by atoms with E-state index in [1.54, 1.807) is 0 Å². The number of benzene rings is 7. The normalized spacial score (nSPS) is 15.3. The third kappa shape index (κ3) is 3.31. The van der Waals surface area contributed by atoms with E-state index in [1.165, 1.54) is 99.6 Å². The van der Waals surface area contributed by atoms with Gasteiger partial charge in [0, 0.05) is 55.3 Å². The predicted molar refractivity (Wildman–Crippen MR) is 215 cm³/mol. The minimum Gasteiger partial charge on any atom is -0.379 e. The van der Waals surface area contributed by atoms with Crippen LogP contribution in [0.4, 0.5) is 5.69 Å². The molecule has 7 aromatic carbocycles. The number of hydrogen-bond acceptors (Lipinski definition) is 1. The van der Waals surface area contributed by atoms with Crippen molar-refractivity contribution in [3.8, 4) is 11.4 Å². The zero-order valence-corrected chi connectivity index (χ0v) is 28.4. The molecule has 4 heteroatoms. The van der Waals surface area contributed by atoms with E-state index < -0.39 is 0 Å². The van der Waals surface area contributed by atoms with Gasteiger partial charge in [-0.05, 0) is 76.1 Å². The smallest absolute Gasteiger partial charge is 0.332 e. The van der Waals surface area contributed by atoms with Gasteiger partial charge in [-0.3, -0.25) is 0 Å². The molecule has 2 aliphatic heterocycles. The first-order chi connectivity index (χ1) is 25.1. The summed E-state index contributed by atoms with van der Waals surface area (Å²) in [6.07, 6.45) is 0. The number of para-hydroxylation sites is 4. The highest BCUT2D eigenvalue weighted by Gasteiger charge is 2.51. The first kappa shape index (κ1) is 27.6. The molecule has 12 rings (SSSR count). The SMILES string of the molecule is CC1(C)C2=C(c3ccccc31)c1cccc3c1B(c1cccc4c5cc6c(cc5n-3c14)c1ccccc1n6-c1ccccc1)N2c1ccccc1. The number of fused-ring (bicyclic) bond motifs is 11. The molecule has 0 spiro atoms. The van der Waals surface area contributed by atoms with Crippen LogP contribution >= 0.6 is 0 Å². The fourth-order valence-corrected chi connectivity index (χ4v) is 10.1. The van der Waals surface area contributed by atoms with Gasteiger partial charge in [-0.25, -0.2) is 0 Å². The molecule has 0 unspecified atom stereocenters. The summed E-state index contributed by atoms with van der Waals surface area (Å²) in [6.45, 7) is 4.86. The second-order valence-corrected chi connectivity index (χ2v) is 14.9. The number of rotatable bonds is 2. The van der Waals surface area contributed by atoms with Crippen molar-refractivity contribution in [1.82, 2.24) is 9.13 Å². The molecule has 51 heavy (non-hydrogen) atoms. The monoisotopic (exact) mass is 649 g/mol. The van der Waals surface area contributed by atoms with Gasteiger partial charge in [0.25, 0.3) is 0 Å². The summed E-state index contributed by atoms with van der Waals surface area (Å²) < 4.78 is 5.02. The average Bonchev–Trinajstić information content (AvgIpc) is 3.77. The summed E-state index contributed by atoms with van der Waals surface area (Å²) in [7, 11) is 0. The van der Waals surface area contributed by atoms with E-state index in [-0.39, 0.29) is 12.3 Å². The van der Waals surface area contributed by atoms with E-state index in [0.29, 0.717) is 0 Å². The van der Waals surface area contributed by atoms with Crippen molar-refractivity contribution in [2.24, 2.45) is 0 Å². The zero-order chi connectivity index (χ0) is 33.6. The fraction of sp³-hybridized carbons (Fsp3) is 0.0638. The molecule has 0 saturated heterocycles. The van der Waals surface area contributed by atoms with Gasteiger partial charge in [0.05, 0.1) is 22.1 Å². The fourth-order valence-electron chi connectivity index (χ4n) is 10.1. The van der Waals surface area contributed by atoms with Crippen LogP contribution in [0.5, 0.6) is 0 Å². The lowest BCUT2D eigenvalue weighted by atomic mass is 9.43. The van der Waals surface area contributed by atoms with Crippen LogP contribution < -0.4 is 15.7 Å². The van der Waals surface area contributed by atoms with Crippen LogP contribution in [-0.2, 0) is 5.41 Å². The summed E-state index contributed by atoms with van der Waals surface area (Å²) in [4.78, 5) is 2.68. The Kier molecular flexibility index (Phi) is 5.13. The standard InChI is InChI=1S/C47H32BN3/c1-47(2)37-23-11-9-20-33(37)43-34-22-14-26-40-44(34)48(51(46(43)47)30-17-7-4-8-18-30)38-24-13-21-32-36-28-41-35(27-42(36)50(40)45(32)38)31-19-10-12-25-39(31)49(41)29-15-5-3-6-16-29/h3-28H,1-2H3. The van der Waals surface area contributed by atoms with E-state index in [9.17, 15) is 0 Å². The summed E-state index contributed by atoms with van der Waals surface area (Å²) in [5, 5.41) is 5.13. The van der Waals surface area contributed by atoms with E-state index in [0.717, 1.165) is 0 Å².